The lowest BCUT2D eigenvalue weighted by Gasteiger charge is -2.26. The van der Waals surface area contributed by atoms with Gasteiger partial charge in [-0.15, -0.1) is 0 Å². The molecular formula is C37H34ClNO7. The topological polar surface area (TPSA) is 87.4 Å². The fourth-order valence-corrected chi connectivity index (χ4v) is 5.98. The van der Waals surface area contributed by atoms with Crippen molar-refractivity contribution >= 4 is 28.5 Å². The van der Waals surface area contributed by atoms with Gasteiger partial charge in [0.25, 0.3) is 5.91 Å². The Hall–Kier alpha value is -4.95. The molecule has 0 radical (unpaired) electrons. The van der Waals surface area contributed by atoms with E-state index < -0.39 is 6.04 Å². The van der Waals surface area contributed by atoms with Gasteiger partial charge < -0.3 is 28.3 Å². The number of amides is 1. The number of hydrogen-bond acceptors (Lipinski definition) is 7. The fourth-order valence-electron chi connectivity index (χ4n) is 5.82. The Morgan fingerprint density at radius 1 is 0.826 bits per heavy atom. The van der Waals surface area contributed by atoms with Crippen LogP contribution in [0.3, 0.4) is 0 Å². The van der Waals surface area contributed by atoms with Crippen molar-refractivity contribution in [3.63, 3.8) is 0 Å². The molecule has 0 fully saturated rings. The van der Waals surface area contributed by atoms with Gasteiger partial charge in [0, 0.05) is 11.6 Å². The summed E-state index contributed by atoms with van der Waals surface area (Å²) in [5, 5.41) is 0.770. The highest BCUT2D eigenvalue weighted by molar-refractivity contribution is 6.32. The average Bonchev–Trinajstić information content (AvgIpc) is 3.35. The SMILES string of the molecule is CCOc1cc(C2c3c(oc4cc(C)c(Cl)cc4c3=O)C(=O)N2CCc2ccc(OC)c(OC)c2)ccc1OCc1ccccc1. The lowest BCUT2D eigenvalue weighted by atomic mass is 9.97. The van der Waals surface area contributed by atoms with Gasteiger partial charge in [-0.1, -0.05) is 54.1 Å². The fraction of sp³-hybridized carbons (Fsp3) is 0.243. The minimum absolute atomic E-state index is 0.0268. The first kappa shape index (κ1) is 31.0. The Morgan fingerprint density at radius 3 is 2.33 bits per heavy atom. The van der Waals surface area contributed by atoms with Crippen LogP contribution in [0.25, 0.3) is 11.0 Å². The van der Waals surface area contributed by atoms with Crippen molar-refractivity contribution < 1.29 is 28.2 Å². The Morgan fingerprint density at radius 2 is 1.59 bits per heavy atom. The highest BCUT2D eigenvalue weighted by Crippen LogP contribution is 2.42. The van der Waals surface area contributed by atoms with Gasteiger partial charge in [-0.2, -0.15) is 0 Å². The van der Waals surface area contributed by atoms with Crippen LogP contribution in [0.1, 0.15) is 51.3 Å². The van der Waals surface area contributed by atoms with Gasteiger partial charge in [-0.3, -0.25) is 9.59 Å². The maximum Gasteiger partial charge on any atom is 0.290 e. The van der Waals surface area contributed by atoms with E-state index in [9.17, 15) is 9.59 Å². The summed E-state index contributed by atoms with van der Waals surface area (Å²) in [5.74, 6) is 1.94. The standard InChI is InChI=1S/C37H34ClNO7/c1-5-44-32-19-25(12-14-29(32)45-21-24-9-7-6-8-10-24)34-33-35(40)26-20-27(38)22(2)17-30(26)46-36(33)37(41)39(34)16-15-23-11-13-28(42-3)31(18-23)43-4/h6-14,17-20,34H,5,15-16,21H2,1-4H3. The zero-order valence-corrected chi connectivity index (χ0v) is 26.9. The zero-order chi connectivity index (χ0) is 32.4. The van der Waals surface area contributed by atoms with Gasteiger partial charge in [0.1, 0.15) is 12.2 Å². The monoisotopic (exact) mass is 639 g/mol. The second-order valence-electron chi connectivity index (χ2n) is 11.0. The van der Waals surface area contributed by atoms with Crippen LogP contribution in [0.5, 0.6) is 23.0 Å². The minimum atomic E-state index is -0.731. The molecule has 46 heavy (non-hydrogen) atoms. The van der Waals surface area contributed by atoms with E-state index in [0.717, 1.165) is 16.7 Å². The highest BCUT2D eigenvalue weighted by atomic mass is 35.5. The van der Waals surface area contributed by atoms with Crippen LogP contribution < -0.4 is 24.4 Å². The van der Waals surface area contributed by atoms with Gasteiger partial charge in [-0.05, 0) is 78.9 Å². The third kappa shape index (κ3) is 5.88. The molecule has 0 aliphatic carbocycles. The molecule has 9 heteroatoms. The molecule has 0 saturated heterocycles. The molecular weight excluding hydrogens is 606 g/mol. The molecule has 1 unspecified atom stereocenters. The zero-order valence-electron chi connectivity index (χ0n) is 26.1. The highest BCUT2D eigenvalue weighted by Gasteiger charge is 2.43. The smallest absolute Gasteiger partial charge is 0.290 e. The molecule has 8 nitrogen and oxygen atoms in total. The summed E-state index contributed by atoms with van der Waals surface area (Å²) < 4.78 is 29.2. The Bertz CT molecular complexity index is 1970. The number of methoxy groups -OCH3 is 2. The van der Waals surface area contributed by atoms with E-state index in [-0.39, 0.29) is 22.7 Å². The molecule has 2 heterocycles. The number of nitrogens with zero attached hydrogens (tertiary/aromatic N) is 1. The summed E-state index contributed by atoms with van der Waals surface area (Å²) in [7, 11) is 3.16. The van der Waals surface area contributed by atoms with E-state index in [0.29, 0.717) is 70.7 Å². The molecule has 1 amide bonds. The van der Waals surface area contributed by atoms with Crippen LogP contribution in [-0.2, 0) is 13.0 Å². The first-order chi connectivity index (χ1) is 22.3. The molecule has 0 bridgehead atoms. The van der Waals surface area contributed by atoms with E-state index in [2.05, 4.69) is 0 Å². The van der Waals surface area contributed by atoms with E-state index in [1.54, 1.807) is 31.3 Å². The maximum absolute atomic E-state index is 14.1. The van der Waals surface area contributed by atoms with Crippen LogP contribution in [0.2, 0.25) is 5.02 Å². The Labute approximate surface area is 272 Å². The number of hydrogen-bond donors (Lipinski definition) is 0. The lowest BCUT2D eigenvalue weighted by Crippen LogP contribution is -2.31. The normalized spacial score (nSPS) is 14.0. The Kier molecular flexibility index (Phi) is 8.90. The lowest BCUT2D eigenvalue weighted by molar-refractivity contribution is 0.0729. The van der Waals surface area contributed by atoms with E-state index in [4.69, 9.17) is 35.0 Å². The summed E-state index contributed by atoms with van der Waals surface area (Å²) in [5.41, 5.74) is 3.68. The maximum atomic E-state index is 14.1. The van der Waals surface area contributed by atoms with Gasteiger partial charge in [-0.25, -0.2) is 0 Å². The summed E-state index contributed by atoms with van der Waals surface area (Å²) >= 11 is 6.42. The molecule has 0 spiro atoms. The van der Waals surface area contributed by atoms with Crippen LogP contribution in [0.15, 0.2) is 88.1 Å². The van der Waals surface area contributed by atoms with Crippen molar-refractivity contribution in [1.82, 2.24) is 4.90 Å². The van der Waals surface area contributed by atoms with Crippen molar-refractivity contribution in [3.05, 3.63) is 128 Å². The predicted molar refractivity (Wildman–Crippen MR) is 177 cm³/mol. The number of rotatable bonds is 11. The number of ether oxygens (including phenoxy) is 4. The largest absolute Gasteiger partial charge is 0.493 e. The van der Waals surface area contributed by atoms with Gasteiger partial charge >= 0.3 is 0 Å². The number of aryl methyl sites for hydroxylation is 1. The third-order valence-electron chi connectivity index (χ3n) is 8.16. The number of carbonyl (C=O) groups excluding carboxylic acids is 1. The average molecular weight is 640 g/mol. The van der Waals surface area contributed by atoms with Gasteiger partial charge in [0.15, 0.2) is 28.4 Å². The van der Waals surface area contributed by atoms with Crippen LogP contribution >= 0.6 is 11.6 Å². The second-order valence-corrected chi connectivity index (χ2v) is 11.4. The van der Waals surface area contributed by atoms with Crippen LogP contribution in [0.4, 0.5) is 0 Å². The van der Waals surface area contributed by atoms with E-state index >= 15 is 0 Å². The van der Waals surface area contributed by atoms with Crippen molar-refractivity contribution in [3.8, 4) is 23.0 Å². The third-order valence-corrected chi connectivity index (χ3v) is 8.56. The first-order valence-corrected chi connectivity index (χ1v) is 15.4. The molecule has 0 saturated carbocycles. The molecule has 5 aromatic rings. The van der Waals surface area contributed by atoms with Crippen molar-refractivity contribution in [2.75, 3.05) is 27.4 Å². The number of benzene rings is 4. The molecule has 1 aliphatic heterocycles. The molecule has 236 valence electrons. The van der Waals surface area contributed by atoms with Crippen LogP contribution in [-0.4, -0.2) is 38.2 Å². The summed E-state index contributed by atoms with van der Waals surface area (Å²) in [4.78, 5) is 29.9. The second kappa shape index (κ2) is 13.2. The van der Waals surface area contributed by atoms with Crippen molar-refractivity contribution in [2.24, 2.45) is 0 Å². The molecule has 0 N–H and O–H groups in total. The summed E-state index contributed by atoms with van der Waals surface area (Å²) in [6, 6.07) is 23.6. The van der Waals surface area contributed by atoms with Gasteiger partial charge in [0.2, 0.25) is 5.76 Å². The number of fused-ring (bicyclic) bond motifs is 2. The Balaban J connectivity index is 1.42. The van der Waals surface area contributed by atoms with Gasteiger partial charge in [0.05, 0.1) is 37.8 Å². The quantitative estimate of drug-likeness (QED) is 0.148. The van der Waals surface area contributed by atoms with Crippen LogP contribution in [0, 0.1) is 6.92 Å². The summed E-state index contributed by atoms with van der Waals surface area (Å²) in [6.45, 7) is 4.78. The molecule has 4 aromatic carbocycles. The molecule has 6 rings (SSSR count). The van der Waals surface area contributed by atoms with E-state index in [1.807, 2.05) is 80.6 Å². The molecule has 1 aliphatic rings. The molecule has 1 aromatic heterocycles. The molecule has 1 atom stereocenters. The van der Waals surface area contributed by atoms with Crippen molar-refractivity contribution in [1.29, 1.82) is 0 Å². The summed E-state index contributed by atoms with van der Waals surface area (Å²) in [6.07, 6.45) is 0.492. The number of halogens is 1. The predicted octanol–water partition coefficient (Wildman–Crippen LogP) is 7.54. The first-order valence-electron chi connectivity index (χ1n) is 15.0. The van der Waals surface area contributed by atoms with Crippen molar-refractivity contribution in [2.45, 2.75) is 32.9 Å². The minimum Gasteiger partial charge on any atom is -0.493 e. The van der Waals surface area contributed by atoms with E-state index in [1.165, 1.54) is 0 Å². The number of carbonyl (C=O) groups is 1.